The van der Waals surface area contributed by atoms with Gasteiger partial charge in [0.15, 0.2) is 5.16 Å². The second-order valence-electron chi connectivity index (χ2n) is 8.52. The largest absolute Gasteiger partial charge is 0.378 e. The van der Waals surface area contributed by atoms with Gasteiger partial charge in [-0.05, 0) is 37.5 Å². The molecule has 1 aliphatic heterocycles. The Labute approximate surface area is 205 Å². The number of hydrogen-bond acceptors (Lipinski definition) is 6. The highest BCUT2D eigenvalue weighted by atomic mass is 32.2. The third-order valence-corrected chi connectivity index (χ3v) is 7.06. The highest BCUT2D eigenvalue weighted by molar-refractivity contribution is 8.00. The Balaban J connectivity index is 1.57. The summed E-state index contributed by atoms with van der Waals surface area (Å²) in [6.45, 7) is 9.01. The van der Waals surface area contributed by atoms with Gasteiger partial charge < -0.3 is 15.0 Å². The Morgan fingerprint density at radius 1 is 1.09 bits per heavy atom. The molecule has 0 saturated carbocycles. The summed E-state index contributed by atoms with van der Waals surface area (Å²) in [6.07, 6.45) is 1.89. The second kappa shape index (κ2) is 11.5. The van der Waals surface area contributed by atoms with Crippen molar-refractivity contribution in [1.82, 2.24) is 20.1 Å². The van der Waals surface area contributed by atoms with Crippen LogP contribution in [0.3, 0.4) is 0 Å². The van der Waals surface area contributed by atoms with Crippen molar-refractivity contribution in [2.75, 3.05) is 31.2 Å². The Kier molecular flexibility index (Phi) is 8.24. The number of aromatic nitrogens is 3. The molecule has 3 aromatic rings. The lowest BCUT2D eigenvalue weighted by Gasteiger charge is -2.28. The lowest BCUT2D eigenvalue weighted by molar-refractivity contribution is -0.121. The van der Waals surface area contributed by atoms with E-state index in [4.69, 9.17) is 4.74 Å². The number of para-hydroxylation sites is 1. The normalized spacial score (nSPS) is 15.7. The van der Waals surface area contributed by atoms with Crippen molar-refractivity contribution in [1.29, 1.82) is 0 Å². The van der Waals surface area contributed by atoms with E-state index in [1.54, 1.807) is 0 Å². The van der Waals surface area contributed by atoms with E-state index in [2.05, 4.69) is 63.1 Å². The van der Waals surface area contributed by atoms with Crippen molar-refractivity contribution >= 4 is 23.6 Å². The molecule has 8 heteroatoms. The fourth-order valence-electron chi connectivity index (χ4n) is 4.13. The van der Waals surface area contributed by atoms with Crippen LogP contribution >= 0.6 is 11.8 Å². The first-order valence-electron chi connectivity index (χ1n) is 11.9. The lowest BCUT2D eigenvalue weighted by Crippen LogP contribution is -2.38. The minimum atomic E-state index is -0.326. The van der Waals surface area contributed by atoms with Crippen LogP contribution in [0.4, 0.5) is 5.95 Å². The minimum Gasteiger partial charge on any atom is -0.378 e. The van der Waals surface area contributed by atoms with Crippen molar-refractivity contribution < 1.29 is 9.53 Å². The van der Waals surface area contributed by atoms with Crippen LogP contribution in [0.25, 0.3) is 5.69 Å². The van der Waals surface area contributed by atoms with Crippen LogP contribution in [0, 0.1) is 6.92 Å². The fourth-order valence-corrected chi connectivity index (χ4v) is 4.99. The van der Waals surface area contributed by atoms with E-state index in [9.17, 15) is 4.79 Å². The number of thioether (sulfide) groups is 1. The van der Waals surface area contributed by atoms with Crippen LogP contribution in [0.1, 0.15) is 43.9 Å². The zero-order valence-corrected chi connectivity index (χ0v) is 20.9. The minimum absolute atomic E-state index is 0.0000939. The van der Waals surface area contributed by atoms with Crippen LogP contribution in [0.2, 0.25) is 0 Å². The average molecular weight is 480 g/mol. The maximum Gasteiger partial charge on any atom is 0.233 e. The number of carbonyl (C=O) groups excluding carboxylic acids is 1. The highest BCUT2D eigenvalue weighted by Gasteiger charge is 2.26. The summed E-state index contributed by atoms with van der Waals surface area (Å²) < 4.78 is 7.61. The molecule has 0 spiro atoms. The monoisotopic (exact) mass is 479 g/mol. The summed E-state index contributed by atoms with van der Waals surface area (Å²) in [6, 6.07) is 18.4. The molecular formula is C26H33N5O2S. The molecule has 1 saturated heterocycles. The van der Waals surface area contributed by atoms with Crippen molar-refractivity contribution in [3.8, 4) is 5.69 Å². The Morgan fingerprint density at radius 3 is 2.50 bits per heavy atom. The Hall–Kier alpha value is -2.84. The number of rotatable bonds is 9. The number of ether oxygens (including phenoxy) is 1. The number of carbonyl (C=O) groups is 1. The molecule has 0 radical (unpaired) electrons. The van der Waals surface area contributed by atoms with Gasteiger partial charge in [-0.1, -0.05) is 73.6 Å². The predicted octanol–water partition coefficient (Wildman–Crippen LogP) is 4.55. The topological polar surface area (TPSA) is 72.3 Å². The first kappa shape index (κ1) is 24.3. The van der Waals surface area contributed by atoms with Gasteiger partial charge in [0.1, 0.15) is 0 Å². The average Bonchev–Trinajstić information content (AvgIpc) is 3.28. The third kappa shape index (κ3) is 5.62. The molecule has 1 amide bonds. The smallest absolute Gasteiger partial charge is 0.233 e. The molecule has 1 aliphatic rings. The first-order chi connectivity index (χ1) is 16.6. The number of anilines is 1. The first-order valence-corrected chi connectivity index (χ1v) is 12.8. The molecule has 2 heterocycles. The fraction of sp³-hybridized carbons (Fsp3) is 0.423. The van der Waals surface area contributed by atoms with Crippen molar-refractivity contribution in [3.63, 3.8) is 0 Å². The van der Waals surface area contributed by atoms with Crippen LogP contribution in [0.15, 0.2) is 59.8 Å². The zero-order chi connectivity index (χ0) is 23.9. The van der Waals surface area contributed by atoms with Crippen molar-refractivity contribution in [2.24, 2.45) is 0 Å². The zero-order valence-electron chi connectivity index (χ0n) is 20.1. The van der Waals surface area contributed by atoms with Crippen LogP contribution in [-0.4, -0.2) is 52.2 Å². The summed E-state index contributed by atoms with van der Waals surface area (Å²) in [4.78, 5) is 15.4. The summed E-state index contributed by atoms with van der Waals surface area (Å²) in [5, 5.41) is 12.7. The van der Waals surface area contributed by atoms with Gasteiger partial charge in [-0.2, -0.15) is 0 Å². The lowest BCUT2D eigenvalue weighted by atomic mass is 10.0. The molecule has 0 unspecified atom stereocenters. The number of nitrogens with one attached hydrogen (secondary N) is 1. The second-order valence-corrected chi connectivity index (χ2v) is 9.83. The number of nitrogens with zero attached hydrogens (tertiary/aromatic N) is 4. The third-order valence-electron chi connectivity index (χ3n) is 6.01. The van der Waals surface area contributed by atoms with Crippen LogP contribution in [-0.2, 0) is 9.53 Å². The van der Waals surface area contributed by atoms with E-state index in [0.29, 0.717) is 18.4 Å². The molecule has 2 aromatic carbocycles. The van der Waals surface area contributed by atoms with E-state index in [1.165, 1.54) is 11.8 Å². The number of hydrogen-bond donors (Lipinski definition) is 1. The molecule has 1 aromatic heterocycles. The molecule has 1 N–H and O–H groups in total. The summed E-state index contributed by atoms with van der Waals surface area (Å²) in [5.41, 5.74) is 3.28. The number of benzene rings is 2. The van der Waals surface area contributed by atoms with Gasteiger partial charge in [0.05, 0.1) is 30.2 Å². The quantitative estimate of drug-likeness (QED) is 0.454. The maximum atomic E-state index is 13.2. The van der Waals surface area contributed by atoms with E-state index in [0.717, 1.165) is 48.7 Å². The molecule has 7 nitrogen and oxygen atoms in total. The predicted molar refractivity (Wildman–Crippen MR) is 137 cm³/mol. The van der Waals surface area contributed by atoms with E-state index < -0.39 is 0 Å². The molecule has 0 bridgehead atoms. The van der Waals surface area contributed by atoms with Gasteiger partial charge in [0.2, 0.25) is 11.9 Å². The molecule has 0 aliphatic carbocycles. The van der Waals surface area contributed by atoms with Crippen molar-refractivity contribution in [2.45, 2.75) is 50.1 Å². The maximum absolute atomic E-state index is 13.2. The Morgan fingerprint density at radius 2 is 1.79 bits per heavy atom. The van der Waals surface area contributed by atoms with E-state index in [-0.39, 0.29) is 17.2 Å². The molecular weight excluding hydrogens is 446 g/mol. The number of amides is 1. The van der Waals surface area contributed by atoms with Gasteiger partial charge in [-0.3, -0.25) is 9.36 Å². The molecule has 4 rings (SSSR count). The SMILES string of the molecule is CCC[C@H](NC(=O)[C@H](C)Sc1nnc(N2CCOCC2)n1-c1ccccc1C)c1ccccc1. The Bertz CT molecular complexity index is 1080. The highest BCUT2D eigenvalue weighted by Crippen LogP contribution is 2.31. The molecule has 34 heavy (non-hydrogen) atoms. The van der Waals surface area contributed by atoms with Crippen LogP contribution < -0.4 is 10.2 Å². The van der Waals surface area contributed by atoms with Gasteiger partial charge in [0.25, 0.3) is 0 Å². The molecule has 2 atom stereocenters. The molecule has 1 fully saturated rings. The van der Waals surface area contributed by atoms with E-state index in [1.807, 2.05) is 37.3 Å². The summed E-state index contributed by atoms with van der Waals surface area (Å²) in [5.74, 6) is 0.792. The van der Waals surface area contributed by atoms with Gasteiger partial charge >= 0.3 is 0 Å². The van der Waals surface area contributed by atoms with Crippen LogP contribution in [0.5, 0.6) is 0 Å². The van der Waals surface area contributed by atoms with E-state index >= 15 is 0 Å². The van der Waals surface area contributed by atoms with Gasteiger partial charge in [-0.15, -0.1) is 10.2 Å². The van der Waals surface area contributed by atoms with Gasteiger partial charge in [0, 0.05) is 13.1 Å². The van der Waals surface area contributed by atoms with Gasteiger partial charge in [-0.25, -0.2) is 0 Å². The summed E-state index contributed by atoms with van der Waals surface area (Å²) >= 11 is 1.44. The number of aryl methyl sites for hydroxylation is 1. The number of morpholine rings is 1. The summed E-state index contributed by atoms with van der Waals surface area (Å²) in [7, 11) is 0. The standard InChI is InChI=1S/C26H33N5O2S/c1-4-10-22(21-12-6-5-7-13-21)27-24(32)20(3)34-26-29-28-25(30-15-17-33-18-16-30)31(26)23-14-9-8-11-19(23)2/h5-9,11-14,20,22H,4,10,15-18H2,1-3H3,(H,27,32)/t20-,22-/m0/s1. The van der Waals surface area contributed by atoms with Crippen molar-refractivity contribution in [3.05, 3.63) is 65.7 Å². The molecule has 180 valence electrons.